The van der Waals surface area contributed by atoms with Crippen molar-refractivity contribution in [1.82, 2.24) is 0 Å². The van der Waals surface area contributed by atoms with Crippen LogP contribution in [0.2, 0.25) is 0 Å². The molecule has 1 rings (SSSR count). The van der Waals surface area contributed by atoms with Gasteiger partial charge in [-0.15, -0.1) is 0 Å². The summed E-state index contributed by atoms with van der Waals surface area (Å²) in [5, 5.41) is 9.20. The van der Waals surface area contributed by atoms with Crippen LogP contribution < -0.4 is 0 Å². The Morgan fingerprint density at radius 3 is 2.79 bits per heavy atom. The number of carbonyl (C=O) groups excluding carboxylic acids is 1. The van der Waals surface area contributed by atoms with E-state index in [9.17, 15) is 4.79 Å². The largest absolute Gasteiger partial charge is 0.293 e. The van der Waals surface area contributed by atoms with Gasteiger partial charge in [-0.3, -0.25) is 4.79 Å². The average Bonchev–Trinajstić information content (AvgIpc) is 2.19. The number of hydrogen-bond acceptors (Lipinski definition) is 2. The first-order chi connectivity index (χ1) is 6.61. The van der Waals surface area contributed by atoms with Crippen molar-refractivity contribution in [2.45, 2.75) is 6.92 Å². The molecule has 14 heavy (non-hydrogen) atoms. The molecule has 0 unspecified atom stereocenters. The summed E-state index contributed by atoms with van der Waals surface area (Å²) in [6, 6.07) is 5.78. The van der Waals surface area contributed by atoms with E-state index >= 15 is 0 Å². The molecule has 0 N–H and O–H groups in total. The molecule has 0 aliphatic rings. The fourth-order valence-corrected chi connectivity index (χ4v) is 2.07. The molecule has 2 nitrogen and oxygen atoms in total. The summed E-state index contributed by atoms with van der Waals surface area (Å²) >= 11 is 5.17. The lowest BCUT2D eigenvalue weighted by molar-refractivity contribution is 0.102. The Labute approximate surface area is 105 Å². The molecule has 1 aromatic carbocycles. The third kappa shape index (κ3) is 2.15. The molecular weight excluding hydrogens is 357 g/mol. The van der Waals surface area contributed by atoms with Crippen LogP contribution in [0.1, 0.15) is 21.5 Å². The van der Waals surface area contributed by atoms with E-state index in [0.29, 0.717) is 11.1 Å². The van der Waals surface area contributed by atoms with E-state index in [4.69, 9.17) is 5.26 Å². The smallest absolute Gasteiger partial charge is 0.175 e. The average molecular weight is 364 g/mol. The Kier molecular flexibility index (Phi) is 4.08. The molecule has 0 bridgehead atoms. The van der Waals surface area contributed by atoms with Gasteiger partial charge in [0.2, 0.25) is 0 Å². The monoisotopic (exact) mass is 363 g/mol. The lowest BCUT2D eigenvalue weighted by Gasteiger charge is -2.06. The topological polar surface area (TPSA) is 40.9 Å². The molecule has 0 aromatic heterocycles. The van der Waals surface area contributed by atoms with Crippen molar-refractivity contribution in [3.8, 4) is 6.07 Å². The quantitative estimate of drug-likeness (QED) is 0.460. The third-order valence-corrected chi connectivity index (χ3v) is 3.28. The Bertz CT molecular complexity index is 423. The summed E-state index contributed by atoms with van der Waals surface area (Å²) in [5.74, 6) is -0.0439. The number of alkyl halides is 1. The molecule has 0 amide bonds. The predicted octanol–water partition coefficient (Wildman–Crippen LogP) is 3.05. The Morgan fingerprint density at radius 2 is 2.29 bits per heavy atom. The van der Waals surface area contributed by atoms with Crippen LogP contribution in [0.25, 0.3) is 0 Å². The van der Waals surface area contributed by atoms with E-state index in [1.807, 2.05) is 19.1 Å². The van der Waals surface area contributed by atoms with Gasteiger partial charge in [0.05, 0.1) is 10.9 Å². The molecule has 0 radical (unpaired) electrons. The standard InChI is InChI=1S/C10H7BrINO/c1-6-2-3-8(12)7(5-13)10(6)9(14)4-11/h2-3H,4H2,1H3. The maximum atomic E-state index is 11.6. The zero-order valence-electron chi connectivity index (χ0n) is 7.47. The fraction of sp³-hybridized carbons (Fsp3) is 0.200. The van der Waals surface area contributed by atoms with Crippen LogP contribution in [-0.2, 0) is 0 Å². The van der Waals surface area contributed by atoms with Gasteiger partial charge in [0.1, 0.15) is 6.07 Å². The predicted molar refractivity (Wildman–Crippen MR) is 66.7 cm³/mol. The molecule has 4 heteroatoms. The van der Waals surface area contributed by atoms with Gasteiger partial charge in [-0.1, -0.05) is 22.0 Å². The number of nitrogens with zero attached hydrogens (tertiary/aromatic N) is 1. The van der Waals surface area contributed by atoms with Gasteiger partial charge in [0.25, 0.3) is 0 Å². The lowest BCUT2D eigenvalue weighted by atomic mass is 10.00. The van der Waals surface area contributed by atoms with E-state index in [-0.39, 0.29) is 11.1 Å². The fourth-order valence-electron chi connectivity index (χ4n) is 1.22. The van der Waals surface area contributed by atoms with Crippen molar-refractivity contribution in [1.29, 1.82) is 5.26 Å². The number of hydrogen-bond donors (Lipinski definition) is 0. The second kappa shape index (κ2) is 4.89. The van der Waals surface area contributed by atoms with Gasteiger partial charge < -0.3 is 0 Å². The molecule has 0 saturated carbocycles. The van der Waals surface area contributed by atoms with Crippen molar-refractivity contribution in [2.24, 2.45) is 0 Å². The first-order valence-corrected chi connectivity index (χ1v) is 6.10. The Hall–Kier alpha value is -0.410. The molecule has 0 spiro atoms. The zero-order chi connectivity index (χ0) is 10.7. The van der Waals surface area contributed by atoms with E-state index in [2.05, 4.69) is 44.6 Å². The lowest BCUT2D eigenvalue weighted by Crippen LogP contribution is -2.07. The minimum Gasteiger partial charge on any atom is -0.293 e. The van der Waals surface area contributed by atoms with Crippen LogP contribution >= 0.6 is 38.5 Å². The van der Waals surface area contributed by atoms with Crippen LogP contribution in [0, 0.1) is 21.8 Å². The molecule has 0 heterocycles. The number of halogens is 2. The highest BCUT2D eigenvalue weighted by Crippen LogP contribution is 2.21. The second-order valence-electron chi connectivity index (χ2n) is 2.78. The number of carbonyl (C=O) groups is 1. The molecule has 0 saturated heterocycles. The summed E-state index contributed by atoms with van der Waals surface area (Å²) < 4.78 is 0.819. The van der Waals surface area contributed by atoms with Crippen LogP contribution in [0.4, 0.5) is 0 Å². The maximum Gasteiger partial charge on any atom is 0.175 e. The van der Waals surface area contributed by atoms with Crippen molar-refractivity contribution >= 4 is 44.3 Å². The van der Waals surface area contributed by atoms with Crippen molar-refractivity contribution in [3.05, 3.63) is 32.4 Å². The number of aryl methyl sites for hydroxylation is 1. The Balaban J connectivity index is 3.47. The molecule has 0 aliphatic carbocycles. The van der Waals surface area contributed by atoms with Gasteiger partial charge in [0.15, 0.2) is 5.78 Å². The summed E-state index contributed by atoms with van der Waals surface area (Å²) in [4.78, 5) is 11.6. The number of ketones is 1. The summed E-state index contributed by atoms with van der Waals surface area (Å²) in [7, 11) is 0. The normalized spacial score (nSPS) is 9.57. The van der Waals surface area contributed by atoms with E-state index in [1.165, 1.54) is 0 Å². The maximum absolute atomic E-state index is 11.6. The third-order valence-electron chi connectivity index (χ3n) is 1.87. The van der Waals surface area contributed by atoms with E-state index < -0.39 is 0 Å². The van der Waals surface area contributed by atoms with Gasteiger partial charge >= 0.3 is 0 Å². The molecule has 0 atom stereocenters. The van der Waals surface area contributed by atoms with Crippen LogP contribution in [0.5, 0.6) is 0 Å². The summed E-state index contributed by atoms with van der Waals surface area (Å²) in [5.41, 5.74) is 1.87. The number of rotatable bonds is 2. The summed E-state index contributed by atoms with van der Waals surface area (Å²) in [6.07, 6.45) is 0. The van der Waals surface area contributed by atoms with Crippen molar-refractivity contribution in [3.63, 3.8) is 0 Å². The summed E-state index contributed by atoms with van der Waals surface area (Å²) in [6.45, 7) is 1.84. The van der Waals surface area contributed by atoms with Crippen LogP contribution in [-0.4, -0.2) is 11.1 Å². The van der Waals surface area contributed by atoms with Gasteiger partial charge in [-0.2, -0.15) is 5.26 Å². The highest BCUT2D eigenvalue weighted by Gasteiger charge is 2.15. The van der Waals surface area contributed by atoms with Crippen molar-refractivity contribution < 1.29 is 4.79 Å². The highest BCUT2D eigenvalue weighted by atomic mass is 127. The first-order valence-electron chi connectivity index (χ1n) is 3.90. The second-order valence-corrected chi connectivity index (χ2v) is 4.51. The first kappa shape index (κ1) is 11.7. The van der Waals surface area contributed by atoms with E-state index in [0.717, 1.165) is 9.13 Å². The van der Waals surface area contributed by atoms with E-state index in [1.54, 1.807) is 0 Å². The number of nitriles is 1. The number of benzene rings is 1. The minimum absolute atomic E-state index is 0.0439. The molecule has 0 fully saturated rings. The SMILES string of the molecule is Cc1ccc(I)c(C#N)c1C(=O)CBr. The molecule has 72 valence electrons. The molecule has 0 aliphatic heterocycles. The Morgan fingerprint density at radius 1 is 1.64 bits per heavy atom. The molecule has 1 aromatic rings. The highest BCUT2D eigenvalue weighted by molar-refractivity contribution is 14.1. The molecular formula is C10H7BrINO. The zero-order valence-corrected chi connectivity index (χ0v) is 11.2. The van der Waals surface area contributed by atoms with Gasteiger partial charge in [0, 0.05) is 9.13 Å². The van der Waals surface area contributed by atoms with Gasteiger partial charge in [-0.25, -0.2) is 0 Å². The number of Topliss-reactive ketones (excluding diaryl/α,β-unsaturated/α-hetero) is 1. The van der Waals surface area contributed by atoms with Gasteiger partial charge in [-0.05, 0) is 41.1 Å². The van der Waals surface area contributed by atoms with Crippen LogP contribution in [0.15, 0.2) is 12.1 Å². The van der Waals surface area contributed by atoms with Crippen LogP contribution in [0.3, 0.4) is 0 Å². The van der Waals surface area contributed by atoms with Crippen molar-refractivity contribution in [2.75, 3.05) is 5.33 Å². The minimum atomic E-state index is -0.0439.